The van der Waals surface area contributed by atoms with Crippen molar-refractivity contribution in [2.75, 3.05) is 57.8 Å². The van der Waals surface area contributed by atoms with E-state index in [0.717, 1.165) is 50.7 Å². The van der Waals surface area contributed by atoms with E-state index < -0.39 is 0 Å². The highest BCUT2D eigenvalue weighted by Crippen LogP contribution is 2.28. The van der Waals surface area contributed by atoms with Crippen molar-refractivity contribution in [1.82, 2.24) is 10.2 Å². The van der Waals surface area contributed by atoms with E-state index in [1.165, 1.54) is 0 Å². The van der Waals surface area contributed by atoms with Crippen LogP contribution in [0.15, 0.2) is 24.3 Å². The Labute approximate surface area is 127 Å². The number of para-hydroxylation sites is 2. The summed E-state index contributed by atoms with van der Waals surface area (Å²) < 4.78 is 5.43. The van der Waals surface area contributed by atoms with Crippen molar-refractivity contribution in [2.24, 2.45) is 0 Å². The SMILES string of the molecule is CCNC[C@H](O)CN1CCN(c2ccccc2OC)CC1. The Morgan fingerprint density at radius 2 is 1.95 bits per heavy atom. The summed E-state index contributed by atoms with van der Waals surface area (Å²) in [7, 11) is 1.71. The molecule has 2 rings (SSSR count). The topological polar surface area (TPSA) is 48.0 Å². The van der Waals surface area contributed by atoms with Crippen LogP contribution in [-0.2, 0) is 0 Å². The van der Waals surface area contributed by atoms with Crippen LogP contribution < -0.4 is 15.0 Å². The molecule has 0 radical (unpaired) electrons. The molecule has 1 aromatic carbocycles. The summed E-state index contributed by atoms with van der Waals surface area (Å²) in [5, 5.41) is 13.1. The van der Waals surface area contributed by atoms with Gasteiger partial charge in [0.1, 0.15) is 5.75 Å². The molecule has 2 N–H and O–H groups in total. The molecule has 1 fully saturated rings. The molecule has 0 bridgehead atoms. The first-order chi connectivity index (χ1) is 10.2. The standard InChI is InChI=1S/C16H27N3O2/c1-3-17-12-14(20)13-18-8-10-19(11-9-18)15-6-4-5-7-16(15)21-2/h4-7,14,17,20H,3,8-13H2,1-2H3/t14-/m0/s1. The molecule has 1 aliphatic rings. The van der Waals surface area contributed by atoms with E-state index >= 15 is 0 Å². The summed E-state index contributed by atoms with van der Waals surface area (Å²) in [6, 6.07) is 8.15. The first kappa shape index (κ1) is 16.1. The van der Waals surface area contributed by atoms with Gasteiger partial charge in [0.05, 0.1) is 18.9 Å². The number of nitrogens with zero attached hydrogens (tertiary/aromatic N) is 2. The molecule has 0 unspecified atom stereocenters. The number of aliphatic hydroxyl groups excluding tert-OH is 1. The van der Waals surface area contributed by atoms with Crippen molar-refractivity contribution >= 4 is 5.69 Å². The van der Waals surface area contributed by atoms with Crippen LogP contribution in [0.4, 0.5) is 5.69 Å². The van der Waals surface area contributed by atoms with Gasteiger partial charge in [-0.15, -0.1) is 0 Å². The van der Waals surface area contributed by atoms with Gasteiger partial charge in [0, 0.05) is 39.3 Å². The predicted octanol–water partition coefficient (Wildman–Crippen LogP) is 0.788. The summed E-state index contributed by atoms with van der Waals surface area (Å²) in [6.07, 6.45) is -0.289. The lowest BCUT2D eigenvalue weighted by Gasteiger charge is -2.37. The van der Waals surface area contributed by atoms with Crippen molar-refractivity contribution in [2.45, 2.75) is 13.0 Å². The maximum atomic E-state index is 9.96. The van der Waals surface area contributed by atoms with E-state index in [0.29, 0.717) is 6.54 Å². The Morgan fingerprint density at radius 1 is 1.24 bits per heavy atom. The molecule has 0 aromatic heterocycles. The minimum absolute atomic E-state index is 0.289. The van der Waals surface area contributed by atoms with Crippen LogP contribution in [0.1, 0.15) is 6.92 Å². The normalized spacial score (nSPS) is 17.8. The zero-order chi connectivity index (χ0) is 15.1. The fourth-order valence-electron chi connectivity index (χ4n) is 2.74. The van der Waals surface area contributed by atoms with Crippen LogP contribution in [-0.4, -0.2) is 69.0 Å². The molecule has 5 heteroatoms. The third-order valence-corrected chi connectivity index (χ3v) is 3.90. The molecule has 0 amide bonds. The molecule has 0 spiro atoms. The summed E-state index contributed by atoms with van der Waals surface area (Å²) in [5.74, 6) is 0.929. The first-order valence-corrected chi connectivity index (χ1v) is 7.73. The molecular formula is C16H27N3O2. The fraction of sp³-hybridized carbons (Fsp3) is 0.625. The molecule has 118 valence electrons. The largest absolute Gasteiger partial charge is 0.495 e. The molecule has 0 saturated carbocycles. The van der Waals surface area contributed by atoms with E-state index in [1.54, 1.807) is 7.11 Å². The zero-order valence-corrected chi connectivity index (χ0v) is 13.1. The van der Waals surface area contributed by atoms with E-state index in [4.69, 9.17) is 4.74 Å². The van der Waals surface area contributed by atoms with Crippen molar-refractivity contribution in [3.63, 3.8) is 0 Å². The summed E-state index contributed by atoms with van der Waals surface area (Å²) >= 11 is 0. The Kier molecular flexibility index (Phi) is 6.29. The number of methoxy groups -OCH3 is 1. The second-order valence-electron chi connectivity index (χ2n) is 5.42. The van der Waals surface area contributed by atoms with E-state index in [-0.39, 0.29) is 6.10 Å². The van der Waals surface area contributed by atoms with Crippen LogP contribution in [0, 0.1) is 0 Å². The van der Waals surface area contributed by atoms with Crippen LogP contribution in [0.25, 0.3) is 0 Å². The van der Waals surface area contributed by atoms with Crippen molar-refractivity contribution in [3.05, 3.63) is 24.3 Å². The number of rotatable bonds is 7. The van der Waals surface area contributed by atoms with Gasteiger partial charge in [0.15, 0.2) is 0 Å². The summed E-state index contributed by atoms with van der Waals surface area (Å²) in [4.78, 5) is 4.68. The van der Waals surface area contributed by atoms with E-state index in [1.807, 2.05) is 18.2 Å². The highest BCUT2D eigenvalue weighted by atomic mass is 16.5. The van der Waals surface area contributed by atoms with Crippen LogP contribution in [0.3, 0.4) is 0 Å². The Morgan fingerprint density at radius 3 is 2.62 bits per heavy atom. The lowest BCUT2D eigenvalue weighted by molar-refractivity contribution is 0.108. The second-order valence-corrected chi connectivity index (χ2v) is 5.42. The minimum Gasteiger partial charge on any atom is -0.495 e. The second kappa shape index (κ2) is 8.22. The molecule has 1 atom stereocenters. The highest BCUT2D eigenvalue weighted by Gasteiger charge is 2.20. The first-order valence-electron chi connectivity index (χ1n) is 7.73. The molecule has 0 aliphatic carbocycles. The number of ether oxygens (including phenoxy) is 1. The zero-order valence-electron chi connectivity index (χ0n) is 13.1. The van der Waals surface area contributed by atoms with E-state index in [2.05, 4.69) is 28.1 Å². The van der Waals surface area contributed by atoms with Gasteiger partial charge < -0.3 is 20.1 Å². The monoisotopic (exact) mass is 293 g/mol. The maximum absolute atomic E-state index is 9.96. The number of anilines is 1. The third-order valence-electron chi connectivity index (χ3n) is 3.90. The third kappa shape index (κ3) is 4.59. The summed E-state index contributed by atoms with van der Waals surface area (Å²) in [5.41, 5.74) is 1.16. The molecular weight excluding hydrogens is 266 g/mol. The van der Waals surface area contributed by atoms with E-state index in [9.17, 15) is 5.11 Å². The Bertz CT molecular complexity index is 420. The highest BCUT2D eigenvalue weighted by molar-refractivity contribution is 5.58. The van der Waals surface area contributed by atoms with Crippen LogP contribution in [0.5, 0.6) is 5.75 Å². The average Bonchev–Trinajstić information content (AvgIpc) is 2.53. The molecule has 5 nitrogen and oxygen atoms in total. The number of hydrogen-bond donors (Lipinski definition) is 2. The van der Waals surface area contributed by atoms with Crippen LogP contribution >= 0.6 is 0 Å². The van der Waals surface area contributed by atoms with Crippen molar-refractivity contribution in [3.8, 4) is 5.75 Å². The lowest BCUT2D eigenvalue weighted by atomic mass is 10.2. The van der Waals surface area contributed by atoms with Gasteiger partial charge in [-0.3, -0.25) is 4.90 Å². The number of likely N-dealkylation sites (N-methyl/N-ethyl adjacent to an activating group) is 1. The minimum atomic E-state index is -0.289. The smallest absolute Gasteiger partial charge is 0.142 e. The van der Waals surface area contributed by atoms with Crippen molar-refractivity contribution in [1.29, 1.82) is 0 Å². The van der Waals surface area contributed by atoms with Gasteiger partial charge in [0.2, 0.25) is 0 Å². The lowest BCUT2D eigenvalue weighted by Crippen LogP contribution is -2.49. The maximum Gasteiger partial charge on any atom is 0.142 e. The molecule has 1 heterocycles. The Balaban J connectivity index is 1.83. The van der Waals surface area contributed by atoms with Gasteiger partial charge in [0.25, 0.3) is 0 Å². The van der Waals surface area contributed by atoms with Gasteiger partial charge in [-0.25, -0.2) is 0 Å². The molecule has 1 saturated heterocycles. The molecule has 1 aliphatic heterocycles. The number of hydrogen-bond acceptors (Lipinski definition) is 5. The number of aliphatic hydroxyl groups is 1. The number of β-amino-alcohol motifs (C(OH)–C–C–N with tert-alkyl or cyclic N) is 1. The predicted molar refractivity (Wildman–Crippen MR) is 86.2 cm³/mol. The van der Waals surface area contributed by atoms with Gasteiger partial charge in [-0.1, -0.05) is 19.1 Å². The quantitative estimate of drug-likeness (QED) is 0.778. The van der Waals surface area contributed by atoms with Crippen molar-refractivity contribution < 1.29 is 9.84 Å². The number of nitrogens with one attached hydrogen (secondary N) is 1. The molecule has 21 heavy (non-hydrogen) atoms. The number of piperazine rings is 1. The summed E-state index contributed by atoms with van der Waals surface area (Å²) in [6.45, 7) is 8.25. The number of benzene rings is 1. The van der Waals surface area contributed by atoms with Crippen LogP contribution in [0.2, 0.25) is 0 Å². The molecule has 1 aromatic rings. The van der Waals surface area contributed by atoms with Gasteiger partial charge in [-0.2, -0.15) is 0 Å². The van der Waals surface area contributed by atoms with Gasteiger partial charge >= 0.3 is 0 Å². The fourth-order valence-corrected chi connectivity index (χ4v) is 2.74. The van der Waals surface area contributed by atoms with Gasteiger partial charge in [-0.05, 0) is 18.7 Å². The average molecular weight is 293 g/mol. The Hall–Kier alpha value is -1.30.